The van der Waals surface area contributed by atoms with Gasteiger partial charge in [0.05, 0.1) is 0 Å². The van der Waals surface area contributed by atoms with Crippen LogP contribution in [-0.2, 0) is 0 Å². The van der Waals surface area contributed by atoms with Crippen molar-refractivity contribution < 1.29 is 9.84 Å². The highest BCUT2D eigenvalue weighted by Gasteiger charge is 2.28. The van der Waals surface area contributed by atoms with E-state index in [4.69, 9.17) is 4.74 Å². The summed E-state index contributed by atoms with van der Waals surface area (Å²) in [5, 5.41) is 10.6. The van der Waals surface area contributed by atoms with Crippen LogP contribution in [0.1, 0.15) is 22.8 Å². The average Bonchev–Trinajstić information content (AvgIpc) is 2.46. The molecule has 0 bridgehead atoms. The van der Waals surface area contributed by atoms with Crippen LogP contribution >= 0.6 is 11.8 Å². The first kappa shape index (κ1) is 13.5. The molecule has 0 amide bonds. The van der Waals surface area contributed by atoms with Crippen LogP contribution in [-0.4, -0.2) is 17.0 Å². The molecule has 0 aliphatic carbocycles. The third-order valence-electron chi connectivity index (χ3n) is 3.63. The van der Waals surface area contributed by atoms with Crippen LogP contribution in [0.5, 0.6) is 5.75 Å². The first-order chi connectivity index (χ1) is 9.65. The fraction of sp³-hybridized carbons (Fsp3) is 0.294. The normalized spacial score (nSPS) is 19.1. The van der Waals surface area contributed by atoms with Crippen molar-refractivity contribution in [2.75, 3.05) is 5.75 Å². The van der Waals surface area contributed by atoms with E-state index in [1.807, 2.05) is 37.3 Å². The van der Waals surface area contributed by atoms with Crippen LogP contribution in [0.4, 0.5) is 0 Å². The molecule has 0 saturated heterocycles. The van der Waals surface area contributed by atoms with E-state index in [1.54, 1.807) is 11.8 Å². The van der Waals surface area contributed by atoms with Crippen LogP contribution in [0.25, 0.3) is 0 Å². The van der Waals surface area contributed by atoms with E-state index in [0.29, 0.717) is 0 Å². The number of aliphatic hydroxyl groups excluding tert-OH is 1. The zero-order valence-electron chi connectivity index (χ0n) is 11.7. The number of ether oxygens (including phenoxy) is 1. The van der Waals surface area contributed by atoms with Gasteiger partial charge in [-0.1, -0.05) is 35.9 Å². The topological polar surface area (TPSA) is 29.5 Å². The average molecular weight is 286 g/mol. The van der Waals surface area contributed by atoms with Gasteiger partial charge in [-0.05, 0) is 37.1 Å². The van der Waals surface area contributed by atoms with Gasteiger partial charge in [0.2, 0.25) is 0 Å². The van der Waals surface area contributed by atoms with Crippen LogP contribution in [0, 0.1) is 13.8 Å². The van der Waals surface area contributed by atoms with Gasteiger partial charge in [0.25, 0.3) is 0 Å². The minimum Gasteiger partial charge on any atom is -0.485 e. The van der Waals surface area contributed by atoms with E-state index < -0.39 is 6.10 Å². The van der Waals surface area contributed by atoms with Gasteiger partial charge in [0.1, 0.15) is 18.0 Å². The first-order valence-corrected chi connectivity index (χ1v) is 7.77. The number of benzene rings is 2. The Balaban J connectivity index is 1.84. The van der Waals surface area contributed by atoms with Crippen molar-refractivity contribution in [1.82, 2.24) is 0 Å². The number of hydrogen-bond donors (Lipinski definition) is 1. The molecule has 104 valence electrons. The third-order valence-corrected chi connectivity index (χ3v) is 4.77. The molecular formula is C17H18O2S. The number of rotatable bonds is 2. The summed E-state index contributed by atoms with van der Waals surface area (Å²) in [6.07, 6.45) is -0.784. The predicted octanol–water partition coefficient (Wildman–Crippen LogP) is 3.89. The minimum atomic E-state index is -0.587. The Labute approximate surface area is 123 Å². The lowest BCUT2D eigenvalue weighted by atomic mass is 9.98. The third kappa shape index (κ3) is 2.56. The zero-order valence-corrected chi connectivity index (χ0v) is 12.5. The van der Waals surface area contributed by atoms with E-state index in [9.17, 15) is 5.11 Å². The minimum absolute atomic E-state index is 0.198. The number of aliphatic hydroxyl groups is 1. The molecule has 0 spiro atoms. The maximum atomic E-state index is 10.6. The maximum absolute atomic E-state index is 10.6. The molecule has 2 atom stereocenters. The Bertz CT molecular complexity index is 624. The quantitative estimate of drug-likeness (QED) is 0.908. The van der Waals surface area contributed by atoms with Crippen molar-refractivity contribution in [1.29, 1.82) is 0 Å². The number of aryl methyl sites for hydroxylation is 2. The van der Waals surface area contributed by atoms with Crippen LogP contribution < -0.4 is 4.74 Å². The zero-order chi connectivity index (χ0) is 14.1. The SMILES string of the molecule is Cc1ccc(C(O)C2CSc3ccccc3O2)c(C)c1. The summed E-state index contributed by atoms with van der Waals surface area (Å²) in [6.45, 7) is 4.10. The second kappa shape index (κ2) is 5.51. The molecule has 3 heteroatoms. The molecule has 0 aromatic heterocycles. The van der Waals surface area contributed by atoms with Gasteiger partial charge < -0.3 is 9.84 Å². The van der Waals surface area contributed by atoms with Crippen molar-refractivity contribution >= 4 is 11.8 Å². The molecule has 2 unspecified atom stereocenters. The largest absolute Gasteiger partial charge is 0.485 e. The molecule has 1 heterocycles. The van der Waals surface area contributed by atoms with Crippen molar-refractivity contribution in [3.63, 3.8) is 0 Å². The van der Waals surface area contributed by atoms with Gasteiger partial charge in [-0.3, -0.25) is 0 Å². The molecule has 1 aliphatic rings. The predicted molar refractivity (Wildman–Crippen MR) is 82.5 cm³/mol. The maximum Gasteiger partial charge on any atom is 0.138 e. The molecular weight excluding hydrogens is 268 g/mol. The standard InChI is InChI=1S/C17H18O2S/c1-11-7-8-13(12(2)9-11)17(18)15-10-20-16-6-4-3-5-14(16)19-15/h3-9,15,17-18H,10H2,1-2H3. The highest BCUT2D eigenvalue weighted by atomic mass is 32.2. The first-order valence-electron chi connectivity index (χ1n) is 6.79. The molecule has 2 nitrogen and oxygen atoms in total. The Morgan fingerprint density at radius 3 is 2.80 bits per heavy atom. The van der Waals surface area contributed by atoms with E-state index in [-0.39, 0.29) is 6.10 Å². The van der Waals surface area contributed by atoms with Crippen molar-refractivity contribution in [3.8, 4) is 5.75 Å². The van der Waals surface area contributed by atoms with Crippen molar-refractivity contribution in [2.45, 2.75) is 31.0 Å². The number of para-hydroxylation sites is 1. The van der Waals surface area contributed by atoms with Gasteiger partial charge in [-0.25, -0.2) is 0 Å². The summed E-state index contributed by atoms with van der Waals surface area (Å²) in [7, 11) is 0. The van der Waals surface area contributed by atoms with E-state index in [0.717, 1.165) is 27.5 Å². The molecule has 0 fully saturated rings. The highest BCUT2D eigenvalue weighted by molar-refractivity contribution is 7.99. The Morgan fingerprint density at radius 2 is 2.00 bits per heavy atom. The Morgan fingerprint density at radius 1 is 1.20 bits per heavy atom. The van der Waals surface area contributed by atoms with Crippen molar-refractivity contribution in [2.24, 2.45) is 0 Å². The molecule has 2 aromatic rings. The Hall–Kier alpha value is -1.45. The monoisotopic (exact) mass is 286 g/mol. The summed E-state index contributed by atoms with van der Waals surface area (Å²) in [5.74, 6) is 1.64. The molecule has 20 heavy (non-hydrogen) atoms. The van der Waals surface area contributed by atoms with E-state index in [1.165, 1.54) is 5.56 Å². The van der Waals surface area contributed by atoms with Crippen LogP contribution in [0.3, 0.4) is 0 Å². The van der Waals surface area contributed by atoms with Gasteiger partial charge in [-0.15, -0.1) is 11.8 Å². The molecule has 1 aliphatic heterocycles. The summed E-state index contributed by atoms with van der Waals surface area (Å²) in [6, 6.07) is 14.1. The number of thioether (sulfide) groups is 1. The lowest BCUT2D eigenvalue weighted by Gasteiger charge is -2.30. The highest BCUT2D eigenvalue weighted by Crippen LogP contribution is 2.38. The molecule has 2 aromatic carbocycles. The lowest BCUT2D eigenvalue weighted by Crippen LogP contribution is -2.30. The summed E-state index contributed by atoms with van der Waals surface area (Å²) in [5.41, 5.74) is 3.29. The second-order valence-corrected chi connectivity index (χ2v) is 6.28. The Kier molecular flexibility index (Phi) is 3.72. The fourth-order valence-corrected chi connectivity index (χ4v) is 3.58. The number of hydrogen-bond acceptors (Lipinski definition) is 3. The number of fused-ring (bicyclic) bond motifs is 1. The van der Waals surface area contributed by atoms with E-state index in [2.05, 4.69) is 19.1 Å². The molecule has 0 saturated carbocycles. The molecule has 3 rings (SSSR count). The van der Waals surface area contributed by atoms with Crippen LogP contribution in [0.2, 0.25) is 0 Å². The lowest BCUT2D eigenvalue weighted by molar-refractivity contribution is 0.0453. The molecule has 0 radical (unpaired) electrons. The van der Waals surface area contributed by atoms with Gasteiger partial charge >= 0.3 is 0 Å². The van der Waals surface area contributed by atoms with Gasteiger partial charge in [0, 0.05) is 10.6 Å². The summed E-state index contributed by atoms with van der Waals surface area (Å²) >= 11 is 1.74. The van der Waals surface area contributed by atoms with E-state index >= 15 is 0 Å². The molecule has 1 N–H and O–H groups in total. The summed E-state index contributed by atoms with van der Waals surface area (Å²) < 4.78 is 5.96. The van der Waals surface area contributed by atoms with Gasteiger partial charge in [-0.2, -0.15) is 0 Å². The smallest absolute Gasteiger partial charge is 0.138 e. The van der Waals surface area contributed by atoms with Crippen molar-refractivity contribution in [3.05, 3.63) is 59.2 Å². The van der Waals surface area contributed by atoms with Crippen LogP contribution in [0.15, 0.2) is 47.4 Å². The summed E-state index contributed by atoms with van der Waals surface area (Å²) in [4.78, 5) is 1.15. The fourth-order valence-electron chi connectivity index (χ4n) is 2.55. The van der Waals surface area contributed by atoms with Gasteiger partial charge in [0.15, 0.2) is 0 Å². The second-order valence-electron chi connectivity index (χ2n) is 5.22.